The maximum atomic E-state index is 6.63. The number of nitrogens with zero attached hydrogens (tertiary/aromatic N) is 5. The molecule has 3 aromatic heterocycles. The van der Waals surface area contributed by atoms with E-state index < -0.39 is 0 Å². The first-order valence-corrected chi connectivity index (χ1v) is 11.5. The molecule has 0 amide bonds. The third kappa shape index (κ3) is 4.32. The third-order valence-corrected chi connectivity index (χ3v) is 5.81. The van der Waals surface area contributed by atoms with Gasteiger partial charge < -0.3 is 11.1 Å². The van der Waals surface area contributed by atoms with Crippen LogP contribution in [0.4, 0.5) is 11.8 Å². The smallest absolute Gasteiger partial charge is 0.225 e. The van der Waals surface area contributed by atoms with E-state index >= 15 is 0 Å². The molecule has 0 aliphatic carbocycles. The van der Waals surface area contributed by atoms with E-state index in [2.05, 4.69) is 36.3 Å². The van der Waals surface area contributed by atoms with Crippen LogP contribution in [-0.2, 0) is 6.42 Å². The second kappa shape index (κ2) is 9.31. The van der Waals surface area contributed by atoms with Crippen molar-refractivity contribution >= 4 is 22.8 Å². The quantitative estimate of drug-likeness (QED) is 0.353. The summed E-state index contributed by atoms with van der Waals surface area (Å²) in [7, 11) is 0. The number of nitrogens with one attached hydrogen (secondary N) is 1. The van der Waals surface area contributed by atoms with Crippen molar-refractivity contribution in [3.63, 3.8) is 0 Å². The highest BCUT2D eigenvalue weighted by Crippen LogP contribution is 2.33. The Morgan fingerprint density at radius 2 is 1.68 bits per heavy atom. The van der Waals surface area contributed by atoms with Crippen molar-refractivity contribution in [3.05, 3.63) is 90.3 Å². The highest BCUT2D eigenvalue weighted by molar-refractivity contribution is 5.99. The SMILES string of the molecule is CC(C)c1ccc(-n2nc3nc(NCCc4ccccn4)nc(-c4ccccc4)c3c2N)cc1. The van der Waals surface area contributed by atoms with Gasteiger partial charge in [0.1, 0.15) is 5.82 Å². The molecule has 0 atom stereocenters. The summed E-state index contributed by atoms with van der Waals surface area (Å²) in [5.41, 5.74) is 12.1. The number of aromatic nitrogens is 5. The molecule has 34 heavy (non-hydrogen) atoms. The van der Waals surface area contributed by atoms with E-state index in [1.807, 2.05) is 60.7 Å². The fourth-order valence-corrected chi connectivity index (χ4v) is 3.94. The second-order valence-electron chi connectivity index (χ2n) is 8.50. The van der Waals surface area contributed by atoms with Gasteiger partial charge in [-0.3, -0.25) is 4.98 Å². The van der Waals surface area contributed by atoms with Gasteiger partial charge in [-0.25, -0.2) is 9.67 Å². The Labute approximate surface area is 198 Å². The highest BCUT2D eigenvalue weighted by atomic mass is 15.3. The Morgan fingerprint density at radius 1 is 0.912 bits per heavy atom. The number of nitrogens with two attached hydrogens (primary N) is 1. The number of fused-ring (bicyclic) bond motifs is 1. The molecule has 7 heteroatoms. The summed E-state index contributed by atoms with van der Waals surface area (Å²) >= 11 is 0. The van der Waals surface area contributed by atoms with Crippen LogP contribution in [0.1, 0.15) is 31.0 Å². The predicted octanol–water partition coefficient (Wildman–Crippen LogP) is 5.24. The summed E-state index contributed by atoms with van der Waals surface area (Å²) in [5.74, 6) is 1.49. The molecule has 170 valence electrons. The van der Waals surface area contributed by atoms with Crippen LogP contribution in [0.15, 0.2) is 79.0 Å². The van der Waals surface area contributed by atoms with Gasteiger partial charge in [0.2, 0.25) is 5.95 Å². The molecule has 3 N–H and O–H groups in total. The molecule has 0 fully saturated rings. The average Bonchev–Trinajstić information content (AvgIpc) is 3.21. The van der Waals surface area contributed by atoms with Crippen LogP contribution in [0.3, 0.4) is 0 Å². The zero-order chi connectivity index (χ0) is 23.5. The Morgan fingerprint density at radius 3 is 2.38 bits per heavy atom. The molecule has 0 saturated carbocycles. The van der Waals surface area contributed by atoms with E-state index in [0.717, 1.165) is 34.4 Å². The van der Waals surface area contributed by atoms with Crippen molar-refractivity contribution in [2.24, 2.45) is 0 Å². The Hall–Kier alpha value is -4.26. The monoisotopic (exact) mass is 449 g/mol. The minimum atomic E-state index is 0.457. The number of pyridine rings is 1. The van der Waals surface area contributed by atoms with Gasteiger partial charge in [0.15, 0.2) is 5.65 Å². The minimum Gasteiger partial charge on any atom is -0.383 e. The summed E-state index contributed by atoms with van der Waals surface area (Å²) < 4.78 is 1.74. The van der Waals surface area contributed by atoms with Crippen LogP contribution in [-0.4, -0.2) is 31.3 Å². The van der Waals surface area contributed by atoms with Gasteiger partial charge in [-0.15, -0.1) is 5.10 Å². The van der Waals surface area contributed by atoms with Gasteiger partial charge in [-0.2, -0.15) is 4.98 Å². The van der Waals surface area contributed by atoms with E-state index in [4.69, 9.17) is 20.8 Å². The standard InChI is InChI=1S/C27H27N7/c1-18(2)19-11-13-22(14-12-19)34-25(28)23-24(20-8-4-3-5-9-20)31-27(32-26(23)33-34)30-17-15-21-10-6-7-16-29-21/h3-14,16,18H,15,17,28H2,1-2H3,(H,30,32,33). The summed E-state index contributed by atoms with van der Waals surface area (Å²) in [6.45, 7) is 5.01. The summed E-state index contributed by atoms with van der Waals surface area (Å²) in [5, 5.41) is 8.83. The normalized spacial score (nSPS) is 11.3. The fourth-order valence-electron chi connectivity index (χ4n) is 3.94. The van der Waals surface area contributed by atoms with Gasteiger partial charge in [0.25, 0.3) is 0 Å². The molecule has 5 rings (SSSR count). The summed E-state index contributed by atoms with van der Waals surface area (Å²) in [6, 6.07) is 24.2. The molecule has 0 spiro atoms. The van der Waals surface area contributed by atoms with Crippen molar-refractivity contribution in [3.8, 4) is 16.9 Å². The Kier molecular flexibility index (Phi) is 5.91. The summed E-state index contributed by atoms with van der Waals surface area (Å²) in [4.78, 5) is 13.9. The van der Waals surface area contributed by atoms with E-state index in [0.29, 0.717) is 29.9 Å². The topological polar surface area (TPSA) is 94.5 Å². The number of anilines is 2. The minimum absolute atomic E-state index is 0.457. The van der Waals surface area contributed by atoms with E-state index in [9.17, 15) is 0 Å². The maximum Gasteiger partial charge on any atom is 0.225 e. The molecule has 0 radical (unpaired) electrons. The van der Waals surface area contributed by atoms with Crippen molar-refractivity contribution in [2.45, 2.75) is 26.2 Å². The fraction of sp³-hybridized carbons (Fsp3) is 0.185. The van der Waals surface area contributed by atoms with Crippen LogP contribution in [0.5, 0.6) is 0 Å². The lowest BCUT2D eigenvalue weighted by Crippen LogP contribution is -2.09. The zero-order valence-electron chi connectivity index (χ0n) is 19.3. The number of benzene rings is 2. The van der Waals surface area contributed by atoms with Crippen LogP contribution >= 0.6 is 0 Å². The number of hydrogen-bond acceptors (Lipinski definition) is 6. The van der Waals surface area contributed by atoms with Crippen molar-refractivity contribution in [1.82, 2.24) is 24.7 Å². The van der Waals surface area contributed by atoms with Gasteiger partial charge in [0.05, 0.1) is 16.8 Å². The van der Waals surface area contributed by atoms with Gasteiger partial charge >= 0.3 is 0 Å². The first-order valence-electron chi connectivity index (χ1n) is 11.5. The van der Waals surface area contributed by atoms with E-state index in [1.165, 1.54) is 5.56 Å². The lowest BCUT2D eigenvalue weighted by atomic mass is 10.0. The Bertz CT molecular complexity index is 1390. The summed E-state index contributed by atoms with van der Waals surface area (Å²) in [6.07, 6.45) is 2.57. The maximum absolute atomic E-state index is 6.63. The van der Waals surface area contributed by atoms with Gasteiger partial charge in [-0.05, 0) is 35.7 Å². The molecule has 0 saturated heterocycles. The average molecular weight is 450 g/mol. The molecule has 0 unspecified atom stereocenters. The molecule has 2 aromatic carbocycles. The van der Waals surface area contributed by atoms with Crippen LogP contribution in [0.25, 0.3) is 28.0 Å². The molecule has 7 nitrogen and oxygen atoms in total. The molecule has 5 aromatic rings. The molecule has 0 aliphatic rings. The van der Waals surface area contributed by atoms with Crippen molar-refractivity contribution < 1.29 is 0 Å². The van der Waals surface area contributed by atoms with Crippen LogP contribution in [0, 0.1) is 0 Å². The molecule has 3 heterocycles. The first-order chi connectivity index (χ1) is 16.6. The van der Waals surface area contributed by atoms with Crippen molar-refractivity contribution in [2.75, 3.05) is 17.6 Å². The number of nitrogen functional groups attached to an aromatic ring is 1. The Balaban J connectivity index is 1.54. The number of rotatable bonds is 7. The van der Waals surface area contributed by atoms with Crippen molar-refractivity contribution in [1.29, 1.82) is 0 Å². The first kappa shape index (κ1) is 21.6. The molecule has 0 aliphatic heterocycles. The molecule has 0 bridgehead atoms. The predicted molar refractivity (Wildman–Crippen MR) is 137 cm³/mol. The second-order valence-corrected chi connectivity index (χ2v) is 8.50. The molecular formula is C27H27N7. The zero-order valence-corrected chi connectivity index (χ0v) is 19.3. The van der Waals surface area contributed by atoms with Gasteiger partial charge in [0, 0.05) is 30.4 Å². The van der Waals surface area contributed by atoms with Crippen LogP contribution in [0.2, 0.25) is 0 Å². The lowest BCUT2D eigenvalue weighted by Gasteiger charge is -2.09. The van der Waals surface area contributed by atoms with Gasteiger partial charge in [-0.1, -0.05) is 62.4 Å². The largest absolute Gasteiger partial charge is 0.383 e. The van der Waals surface area contributed by atoms with Crippen LogP contribution < -0.4 is 11.1 Å². The third-order valence-electron chi connectivity index (χ3n) is 5.81. The van der Waals surface area contributed by atoms with E-state index in [1.54, 1.807) is 10.9 Å². The number of hydrogen-bond donors (Lipinski definition) is 2. The highest BCUT2D eigenvalue weighted by Gasteiger charge is 2.19. The lowest BCUT2D eigenvalue weighted by molar-refractivity contribution is 0.858. The van der Waals surface area contributed by atoms with E-state index in [-0.39, 0.29) is 0 Å². The molecular weight excluding hydrogens is 422 g/mol.